The predicted octanol–water partition coefficient (Wildman–Crippen LogP) is 2.52. The lowest BCUT2D eigenvalue weighted by Gasteiger charge is -2.13. The van der Waals surface area contributed by atoms with E-state index in [4.69, 9.17) is 4.42 Å². The molecule has 3 aromatic rings. The molecule has 0 amide bonds. The van der Waals surface area contributed by atoms with Gasteiger partial charge in [0.05, 0.1) is 10.4 Å². The van der Waals surface area contributed by atoms with Gasteiger partial charge in [-0.25, -0.2) is 17.9 Å². The molecule has 2 aromatic carbocycles. The molecule has 0 radical (unpaired) electrons. The van der Waals surface area contributed by atoms with Crippen LogP contribution in [0.5, 0.6) is 0 Å². The zero-order valence-corrected chi connectivity index (χ0v) is 14.5. The number of sulfonamides is 1. The Labute approximate surface area is 139 Å². The van der Waals surface area contributed by atoms with Crippen LogP contribution in [0.3, 0.4) is 0 Å². The maximum atomic E-state index is 12.6. The Kier molecular flexibility index (Phi) is 4.06. The second-order valence-electron chi connectivity index (χ2n) is 5.90. The molecule has 1 heterocycles. The minimum atomic E-state index is -3.63. The summed E-state index contributed by atoms with van der Waals surface area (Å²) in [5.74, 6) is -0.534. The molecule has 0 unspecified atom stereocenters. The third kappa shape index (κ3) is 3.13. The molecule has 0 fully saturated rings. The molecule has 0 aliphatic rings. The number of aryl methyl sites for hydroxylation is 3. The van der Waals surface area contributed by atoms with Gasteiger partial charge in [0.1, 0.15) is 0 Å². The summed E-state index contributed by atoms with van der Waals surface area (Å²) in [7, 11) is -3.63. The molecule has 3 rings (SSSR count). The molecule has 1 aromatic heterocycles. The summed E-state index contributed by atoms with van der Waals surface area (Å²) in [6.45, 7) is 5.62. The molecule has 0 aliphatic carbocycles. The Morgan fingerprint density at radius 3 is 2.42 bits per heavy atom. The van der Waals surface area contributed by atoms with Crippen LogP contribution in [-0.4, -0.2) is 13.4 Å². The van der Waals surface area contributed by atoms with Crippen molar-refractivity contribution in [2.75, 3.05) is 0 Å². The highest BCUT2D eigenvalue weighted by Crippen LogP contribution is 2.22. The van der Waals surface area contributed by atoms with E-state index in [2.05, 4.69) is 9.71 Å². The third-order valence-corrected chi connectivity index (χ3v) is 5.53. The molecule has 24 heavy (non-hydrogen) atoms. The molecule has 0 saturated heterocycles. The molecule has 2 N–H and O–H groups in total. The molecular formula is C17H18N2O4S. The van der Waals surface area contributed by atoms with Crippen molar-refractivity contribution in [3.8, 4) is 0 Å². The van der Waals surface area contributed by atoms with Crippen LogP contribution in [0.4, 0.5) is 0 Å². The molecular weight excluding hydrogens is 328 g/mol. The minimum Gasteiger partial charge on any atom is -0.408 e. The Morgan fingerprint density at radius 2 is 1.75 bits per heavy atom. The second-order valence-corrected chi connectivity index (χ2v) is 7.60. The Morgan fingerprint density at radius 1 is 1.08 bits per heavy atom. The molecule has 7 heteroatoms. The van der Waals surface area contributed by atoms with E-state index in [1.165, 1.54) is 0 Å². The first-order chi connectivity index (χ1) is 11.3. The fraction of sp³-hybridized carbons (Fsp3) is 0.235. The highest BCUT2D eigenvalue weighted by Gasteiger charge is 2.19. The van der Waals surface area contributed by atoms with Gasteiger partial charge >= 0.3 is 5.76 Å². The van der Waals surface area contributed by atoms with E-state index >= 15 is 0 Å². The van der Waals surface area contributed by atoms with Crippen LogP contribution < -0.4 is 10.5 Å². The first-order valence-electron chi connectivity index (χ1n) is 7.45. The minimum absolute atomic E-state index is 0.111. The quantitative estimate of drug-likeness (QED) is 0.759. The summed E-state index contributed by atoms with van der Waals surface area (Å²) in [5, 5.41) is 0. The Bertz CT molecular complexity index is 1050. The Hall–Kier alpha value is -2.38. The molecule has 126 valence electrons. The Balaban J connectivity index is 1.88. The number of rotatable bonds is 4. The zero-order valence-electron chi connectivity index (χ0n) is 13.6. The van der Waals surface area contributed by atoms with E-state index in [-0.39, 0.29) is 6.54 Å². The summed E-state index contributed by atoms with van der Waals surface area (Å²) < 4.78 is 32.9. The molecule has 0 aliphatic heterocycles. The van der Waals surface area contributed by atoms with Gasteiger partial charge in [0.25, 0.3) is 0 Å². The van der Waals surface area contributed by atoms with Crippen LogP contribution >= 0.6 is 0 Å². The molecule has 0 atom stereocenters. The number of benzene rings is 2. The standard InChI is InChI=1S/C17H18N2O4S/c1-10-6-11(2)16(12(3)7-10)24(21,22)18-9-13-4-5-14-15(8-13)23-17(20)19-14/h4-8,18H,9H2,1-3H3,(H,19,20). The number of oxazole rings is 1. The molecule has 0 spiro atoms. The van der Waals surface area contributed by atoms with Gasteiger partial charge in [0.15, 0.2) is 5.58 Å². The number of aromatic nitrogens is 1. The largest absolute Gasteiger partial charge is 0.417 e. The number of hydrogen-bond acceptors (Lipinski definition) is 4. The van der Waals surface area contributed by atoms with Crippen LogP contribution in [0.15, 0.2) is 44.4 Å². The van der Waals surface area contributed by atoms with E-state index in [0.717, 1.165) is 5.56 Å². The van der Waals surface area contributed by atoms with Gasteiger partial charge in [-0.05, 0) is 49.6 Å². The van der Waals surface area contributed by atoms with Gasteiger partial charge in [-0.1, -0.05) is 23.8 Å². The van der Waals surface area contributed by atoms with Crippen molar-refractivity contribution >= 4 is 21.1 Å². The summed E-state index contributed by atoms with van der Waals surface area (Å²) in [6, 6.07) is 8.77. The first-order valence-corrected chi connectivity index (χ1v) is 8.94. The van der Waals surface area contributed by atoms with E-state index in [1.807, 2.05) is 19.1 Å². The number of nitrogens with one attached hydrogen (secondary N) is 2. The molecule has 0 bridgehead atoms. The highest BCUT2D eigenvalue weighted by atomic mass is 32.2. The fourth-order valence-electron chi connectivity index (χ4n) is 2.94. The van der Waals surface area contributed by atoms with Gasteiger partial charge in [-0.3, -0.25) is 4.98 Å². The maximum absolute atomic E-state index is 12.6. The van der Waals surface area contributed by atoms with Crippen LogP contribution in [-0.2, 0) is 16.6 Å². The normalized spacial score (nSPS) is 12.0. The lowest BCUT2D eigenvalue weighted by Crippen LogP contribution is -2.25. The SMILES string of the molecule is Cc1cc(C)c(S(=O)(=O)NCc2ccc3[nH]c(=O)oc3c2)c(C)c1. The summed E-state index contributed by atoms with van der Waals surface area (Å²) in [4.78, 5) is 14.0. The number of fused-ring (bicyclic) bond motifs is 1. The van der Waals surface area contributed by atoms with Crippen molar-refractivity contribution in [2.24, 2.45) is 0 Å². The van der Waals surface area contributed by atoms with Crippen LogP contribution in [0.25, 0.3) is 11.1 Å². The topological polar surface area (TPSA) is 92.2 Å². The van der Waals surface area contributed by atoms with Crippen LogP contribution in [0.1, 0.15) is 22.3 Å². The first kappa shape index (κ1) is 16.5. The average Bonchev–Trinajstić information content (AvgIpc) is 2.83. The highest BCUT2D eigenvalue weighted by molar-refractivity contribution is 7.89. The van der Waals surface area contributed by atoms with Crippen molar-refractivity contribution in [2.45, 2.75) is 32.2 Å². The van der Waals surface area contributed by atoms with E-state index < -0.39 is 15.8 Å². The van der Waals surface area contributed by atoms with Gasteiger partial charge in [0.2, 0.25) is 10.0 Å². The molecule has 6 nitrogen and oxygen atoms in total. The average molecular weight is 346 g/mol. The van der Waals surface area contributed by atoms with Gasteiger partial charge in [0, 0.05) is 6.54 Å². The zero-order chi connectivity index (χ0) is 17.5. The summed E-state index contributed by atoms with van der Waals surface area (Å²) in [5.41, 5.74) is 4.14. The number of hydrogen-bond donors (Lipinski definition) is 2. The van der Waals surface area contributed by atoms with Crippen molar-refractivity contribution in [1.82, 2.24) is 9.71 Å². The van der Waals surface area contributed by atoms with Gasteiger partial charge in [-0.15, -0.1) is 0 Å². The summed E-state index contributed by atoms with van der Waals surface area (Å²) >= 11 is 0. The monoisotopic (exact) mass is 346 g/mol. The van der Waals surface area contributed by atoms with Crippen molar-refractivity contribution < 1.29 is 12.8 Å². The number of H-pyrrole nitrogens is 1. The van der Waals surface area contributed by atoms with Crippen molar-refractivity contribution in [3.63, 3.8) is 0 Å². The number of aromatic amines is 1. The smallest absolute Gasteiger partial charge is 0.408 e. The van der Waals surface area contributed by atoms with E-state index in [0.29, 0.717) is 32.7 Å². The van der Waals surface area contributed by atoms with Gasteiger partial charge < -0.3 is 4.42 Å². The van der Waals surface area contributed by atoms with Crippen LogP contribution in [0, 0.1) is 20.8 Å². The van der Waals surface area contributed by atoms with E-state index in [1.54, 1.807) is 32.0 Å². The van der Waals surface area contributed by atoms with E-state index in [9.17, 15) is 13.2 Å². The second kappa shape index (κ2) is 5.92. The van der Waals surface area contributed by atoms with Crippen molar-refractivity contribution in [1.29, 1.82) is 0 Å². The fourth-order valence-corrected chi connectivity index (χ4v) is 4.41. The molecule has 0 saturated carbocycles. The third-order valence-electron chi connectivity index (χ3n) is 3.83. The predicted molar refractivity (Wildman–Crippen MR) is 91.5 cm³/mol. The van der Waals surface area contributed by atoms with Gasteiger partial charge in [-0.2, -0.15) is 0 Å². The maximum Gasteiger partial charge on any atom is 0.417 e. The lowest BCUT2D eigenvalue weighted by atomic mass is 10.1. The van der Waals surface area contributed by atoms with Crippen LogP contribution in [0.2, 0.25) is 0 Å². The van der Waals surface area contributed by atoms with Crippen molar-refractivity contribution in [3.05, 3.63) is 63.1 Å². The summed E-state index contributed by atoms with van der Waals surface area (Å²) in [6.07, 6.45) is 0. The lowest BCUT2D eigenvalue weighted by molar-refractivity contribution is 0.554.